The summed E-state index contributed by atoms with van der Waals surface area (Å²) in [5.41, 5.74) is 0.813. The highest BCUT2D eigenvalue weighted by Crippen LogP contribution is 2.24. The highest BCUT2D eigenvalue weighted by molar-refractivity contribution is 5.66. The maximum absolute atomic E-state index is 13.3. The summed E-state index contributed by atoms with van der Waals surface area (Å²) in [4.78, 5) is 44.2. The largest absolute Gasteiger partial charge is 0.481 e. The van der Waals surface area contributed by atoms with Crippen LogP contribution in [0.2, 0.25) is 0 Å². The predicted octanol–water partition coefficient (Wildman–Crippen LogP) is 3.31. The number of carboxylic acid groups (broad SMARTS) is 1. The number of hydrogen-bond acceptors (Lipinski definition) is 7. The van der Waals surface area contributed by atoms with Crippen LogP contribution in [0.4, 0.5) is 16.0 Å². The first-order valence-electron chi connectivity index (χ1n) is 10.9. The summed E-state index contributed by atoms with van der Waals surface area (Å²) in [6, 6.07) is 16.7. The Morgan fingerprint density at radius 1 is 1.03 bits per heavy atom. The van der Waals surface area contributed by atoms with Gasteiger partial charge in [0, 0.05) is 24.5 Å². The number of benzene rings is 2. The van der Waals surface area contributed by atoms with E-state index in [1.165, 1.54) is 16.8 Å². The maximum atomic E-state index is 13.3. The van der Waals surface area contributed by atoms with Gasteiger partial charge in [-0.25, -0.2) is 19.1 Å². The Morgan fingerprint density at radius 2 is 1.75 bits per heavy atom. The number of pyridine rings is 1. The minimum absolute atomic E-state index is 0.00187. The molecule has 0 aliphatic rings. The first kappa shape index (κ1) is 24.3. The van der Waals surface area contributed by atoms with Gasteiger partial charge < -0.3 is 15.2 Å². The number of nitrogens with one attached hydrogen (secondary N) is 1. The monoisotopic (exact) mass is 491 g/mol. The van der Waals surface area contributed by atoms with E-state index in [0.29, 0.717) is 11.4 Å². The van der Waals surface area contributed by atoms with Gasteiger partial charge in [0.05, 0.1) is 13.0 Å². The van der Waals surface area contributed by atoms with E-state index in [2.05, 4.69) is 15.3 Å². The third-order valence-corrected chi connectivity index (χ3v) is 5.20. The molecule has 0 aliphatic heterocycles. The number of rotatable bonds is 9. The third-order valence-electron chi connectivity index (χ3n) is 5.20. The molecule has 11 heteroatoms. The van der Waals surface area contributed by atoms with Crippen molar-refractivity contribution in [3.05, 3.63) is 105 Å². The summed E-state index contributed by atoms with van der Waals surface area (Å²) < 4.78 is 21.0. The second-order valence-corrected chi connectivity index (χ2v) is 7.93. The van der Waals surface area contributed by atoms with Crippen molar-refractivity contribution in [3.63, 3.8) is 0 Å². The number of carboxylic acids is 1. The van der Waals surface area contributed by atoms with Crippen molar-refractivity contribution in [2.75, 3.05) is 5.32 Å². The van der Waals surface area contributed by atoms with Crippen LogP contribution in [-0.4, -0.2) is 30.2 Å². The van der Waals surface area contributed by atoms with Crippen LogP contribution in [0.5, 0.6) is 11.5 Å². The van der Waals surface area contributed by atoms with Crippen LogP contribution in [0.15, 0.2) is 76.4 Å². The molecule has 36 heavy (non-hydrogen) atoms. The summed E-state index contributed by atoms with van der Waals surface area (Å²) in [6.45, 7) is 1.75. The minimum atomic E-state index is -1.13. The van der Waals surface area contributed by atoms with Crippen LogP contribution in [0.3, 0.4) is 0 Å². The SMILES string of the molecule is Cc1ccc(Cn2c(Nc3ccc(Oc4ccnc(F)c4)cc3)nc(=O)n(CCC(=O)O)c2=O)cc1. The standard InChI is InChI=1S/C25H22FN5O5/c1-16-2-4-17(5-3-16)15-31-23(29-24(34)30(25(31)35)13-11-22(32)33)28-18-6-8-19(9-7-18)36-20-10-12-27-21(26)14-20/h2-10,12,14H,11,13,15H2,1H3,(H,32,33)(H,28,29,34). The zero-order chi connectivity index (χ0) is 25.7. The van der Waals surface area contributed by atoms with Crippen LogP contribution >= 0.6 is 0 Å². The van der Waals surface area contributed by atoms with Crippen molar-refractivity contribution >= 4 is 17.6 Å². The molecule has 0 spiro atoms. The maximum Gasteiger partial charge on any atom is 0.354 e. The summed E-state index contributed by atoms with van der Waals surface area (Å²) in [5.74, 6) is -1.09. The fraction of sp³-hybridized carbons (Fsp3) is 0.160. The molecule has 0 bridgehead atoms. The number of aryl methyl sites for hydroxylation is 1. The van der Waals surface area contributed by atoms with E-state index in [1.54, 1.807) is 24.3 Å². The lowest BCUT2D eigenvalue weighted by Crippen LogP contribution is -2.43. The van der Waals surface area contributed by atoms with Crippen molar-refractivity contribution < 1.29 is 19.0 Å². The van der Waals surface area contributed by atoms with Crippen molar-refractivity contribution in [1.82, 2.24) is 19.1 Å². The van der Waals surface area contributed by atoms with Crippen molar-refractivity contribution in [3.8, 4) is 11.5 Å². The smallest absolute Gasteiger partial charge is 0.354 e. The van der Waals surface area contributed by atoms with Gasteiger partial charge in [-0.15, -0.1) is 0 Å². The summed E-state index contributed by atoms with van der Waals surface area (Å²) in [6.07, 6.45) is 0.898. The summed E-state index contributed by atoms with van der Waals surface area (Å²) in [5, 5.41) is 12.0. The first-order valence-corrected chi connectivity index (χ1v) is 10.9. The summed E-state index contributed by atoms with van der Waals surface area (Å²) in [7, 11) is 0. The molecule has 2 aromatic heterocycles. The molecule has 2 heterocycles. The minimum Gasteiger partial charge on any atom is -0.481 e. The molecule has 4 rings (SSSR count). The van der Waals surface area contributed by atoms with Gasteiger partial charge in [0.15, 0.2) is 0 Å². The molecule has 4 aromatic rings. The number of carbonyl (C=O) groups is 1. The van der Waals surface area contributed by atoms with Crippen LogP contribution in [0, 0.1) is 12.9 Å². The van der Waals surface area contributed by atoms with E-state index in [9.17, 15) is 18.8 Å². The molecule has 0 saturated heterocycles. The lowest BCUT2D eigenvalue weighted by molar-refractivity contribution is -0.137. The molecule has 0 radical (unpaired) electrons. The molecule has 0 unspecified atom stereocenters. The van der Waals surface area contributed by atoms with Crippen molar-refractivity contribution in [2.45, 2.75) is 26.4 Å². The Labute approximate surface area is 204 Å². The lowest BCUT2D eigenvalue weighted by atomic mass is 10.1. The topological polar surface area (TPSA) is 128 Å². The van der Waals surface area contributed by atoms with Crippen molar-refractivity contribution in [1.29, 1.82) is 0 Å². The van der Waals surface area contributed by atoms with E-state index in [0.717, 1.165) is 21.8 Å². The molecule has 0 atom stereocenters. The molecule has 2 aromatic carbocycles. The third kappa shape index (κ3) is 6.00. The Balaban J connectivity index is 1.64. The van der Waals surface area contributed by atoms with Crippen LogP contribution < -0.4 is 21.4 Å². The fourth-order valence-corrected chi connectivity index (χ4v) is 3.36. The number of hydrogen-bond donors (Lipinski definition) is 2. The van der Waals surface area contributed by atoms with Gasteiger partial charge in [0.1, 0.15) is 11.5 Å². The summed E-state index contributed by atoms with van der Waals surface area (Å²) >= 11 is 0. The average molecular weight is 491 g/mol. The predicted molar refractivity (Wildman–Crippen MR) is 129 cm³/mol. The molecule has 184 valence electrons. The Kier molecular flexibility index (Phi) is 7.19. The van der Waals surface area contributed by atoms with Gasteiger partial charge in [-0.05, 0) is 42.8 Å². The van der Waals surface area contributed by atoms with E-state index in [1.807, 2.05) is 31.2 Å². The first-order chi connectivity index (χ1) is 17.3. The van der Waals surface area contributed by atoms with E-state index < -0.39 is 29.7 Å². The van der Waals surface area contributed by atoms with Gasteiger partial charge >= 0.3 is 17.3 Å². The normalized spacial score (nSPS) is 10.7. The molecular weight excluding hydrogens is 469 g/mol. The number of aliphatic carboxylic acids is 1. The van der Waals surface area contributed by atoms with E-state index >= 15 is 0 Å². The van der Waals surface area contributed by atoms with E-state index in [4.69, 9.17) is 9.84 Å². The molecule has 0 amide bonds. The molecule has 0 aliphatic carbocycles. The number of ether oxygens (including phenoxy) is 1. The Bertz CT molecular complexity index is 1500. The molecular formula is C25H22FN5O5. The highest BCUT2D eigenvalue weighted by atomic mass is 19.1. The Hall–Kier alpha value is -4.80. The zero-order valence-electron chi connectivity index (χ0n) is 19.2. The van der Waals surface area contributed by atoms with Crippen molar-refractivity contribution in [2.24, 2.45) is 0 Å². The fourth-order valence-electron chi connectivity index (χ4n) is 3.36. The molecule has 0 fully saturated rings. The highest BCUT2D eigenvalue weighted by Gasteiger charge is 2.15. The van der Waals surface area contributed by atoms with Crippen LogP contribution in [-0.2, 0) is 17.9 Å². The number of aromatic nitrogens is 4. The number of halogens is 1. The molecule has 10 nitrogen and oxygen atoms in total. The number of anilines is 2. The van der Waals surface area contributed by atoms with Gasteiger partial charge in [-0.1, -0.05) is 29.8 Å². The quantitative estimate of drug-likeness (QED) is 0.341. The Morgan fingerprint density at radius 3 is 2.42 bits per heavy atom. The van der Waals surface area contributed by atoms with Crippen LogP contribution in [0.1, 0.15) is 17.5 Å². The second-order valence-electron chi connectivity index (χ2n) is 7.93. The zero-order valence-corrected chi connectivity index (χ0v) is 19.2. The van der Waals surface area contributed by atoms with Gasteiger partial charge in [0.25, 0.3) is 0 Å². The number of nitrogens with zero attached hydrogens (tertiary/aromatic N) is 4. The van der Waals surface area contributed by atoms with Gasteiger partial charge in [-0.3, -0.25) is 9.36 Å². The molecule has 2 N–H and O–H groups in total. The second kappa shape index (κ2) is 10.6. The van der Waals surface area contributed by atoms with Gasteiger partial charge in [-0.2, -0.15) is 9.37 Å². The van der Waals surface area contributed by atoms with Gasteiger partial charge in [0.2, 0.25) is 11.9 Å². The van der Waals surface area contributed by atoms with E-state index in [-0.39, 0.29) is 24.8 Å². The lowest BCUT2D eigenvalue weighted by Gasteiger charge is -2.16. The molecule has 0 saturated carbocycles. The van der Waals surface area contributed by atoms with Crippen LogP contribution in [0.25, 0.3) is 0 Å². The average Bonchev–Trinajstić information content (AvgIpc) is 2.83.